The number of carbonyl (C=O) groups excluding carboxylic acids is 3. The second-order valence-electron chi connectivity index (χ2n) is 7.08. The smallest absolute Gasteiger partial charge is 0.291 e. The number of rotatable bonds is 8. The summed E-state index contributed by atoms with van der Waals surface area (Å²) in [6.45, 7) is 3.74. The van der Waals surface area contributed by atoms with Gasteiger partial charge in [-0.25, -0.2) is 0 Å². The third-order valence-electron chi connectivity index (χ3n) is 4.24. The van der Waals surface area contributed by atoms with E-state index < -0.39 is 23.8 Å². The van der Waals surface area contributed by atoms with Gasteiger partial charge in [0.25, 0.3) is 11.8 Å². The quantitative estimate of drug-likeness (QED) is 0.619. The van der Waals surface area contributed by atoms with Gasteiger partial charge in [-0.05, 0) is 48.2 Å². The van der Waals surface area contributed by atoms with E-state index in [1.54, 1.807) is 18.2 Å². The Morgan fingerprint density at radius 3 is 2.60 bits per heavy atom. The molecular formula is C21H21N2O7-. The summed E-state index contributed by atoms with van der Waals surface area (Å²) >= 11 is 0. The summed E-state index contributed by atoms with van der Waals surface area (Å²) in [6, 6.07) is 6.74. The molecule has 1 aromatic heterocycles. The largest absolute Gasteiger partial charge is 0.548 e. The van der Waals surface area contributed by atoms with Crippen LogP contribution in [0.4, 0.5) is 0 Å². The summed E-state index contributed by atoms with van der Waals surface area (Å²) in [6.07, 6.45) is 2.91. The molecule has 2 amide bonds. The average molecular weight is 413 g/mol. The highest BCUT2D eigenvalue weighted by atomic mass is 16.7. The van der Waals surface area contributed by atoms with Crippen molar-refractivity contribution in [3.63, 3.8) is 0 Å². The zero-order valence-electron chi connectivity index (χ0n) is 16.5. The Balaban J connectivity index is 1.87. The van der Waals surface area contributed by atoms with E-state index in [0.717, 1.165) is 0 Å². The van der Waals surface area contributed by atoms with Gasteiger partial charge in [0.2, 0.25) is 6.79 Å². The van der Waals surface area contributed by atoms with Crippen LogP contribution in [-0.2, 0) is 9.59 Å². The molecule has 0 radical (unpaired) electrons. The summed E-state index contributed by atoms with van der Waals surface area (Å²) in [7, 11) is 0. The summed E-state index contributed by atoms with van der Waals surface area (Å²) in [5.41, 5.74) is 0.378. The molecule has 0 saturated carbocycles. The Kier molecular flexibility index (Phi) is 6.41. The molecule has 0 spiro atoms. The number of amides is 2. The molecule has 1 aliphatic heterocycles. The van der Waals surface area contributed by atoms with Gasteiger partial charge in [-0.3, -0.25) is 9.59 Å². The third-order valence-corrected chi connectivity index (χ3v) is 4.24. The molecule has 1 aromatic carbocycles. The van der Waals surface area contributed by atoms with E-state index in [2.05, 4.69) is 10.6 Å². The molecule has 0 saturated heterocycles. The Morgan fingerprint density at radius 1 is 1.17 bits per heavy atom. The number of carboxylic acid groups (broad SMARTS) is 1. The van der Waals surface area contributed by atoms with Crippen molar-refractivity contribution >= 4 is 23.9 Å². The van der Waals surface area contributed by atoms with Crippen LogP contribution in [0, 0.1) is 5.92 Å². The van der Waals surface area contributed by atoms with Crippen LogP contribution in [0.15, 0.2) is 46.7 Å². The summed E-state index contributed by atoms with van der Waals surface area (Å²) in [5, 5.41) is 16.3. The molecular weight excluding hydrogens is 392 g/mol. The number of benzene rings is 1. The van der Waals surface area contributed by atoms with Gasteiger partial charge in [-0.1, -0.05) is 19.9 Å². The van der Waals surface area contributed by atoms with E-state index >= 15 is 0 Å². The minimum absolute atomic E-state index is 0.00183. The van der Waals surface area contributed by atoms with Crippen molar-refractivity contribution in [2.45, 2.75) is 26.3 Å². The van der Waals surface area contributed by atoms with Gasteiger partial charge in [0.1, 0.15) is 5.70 Å². The number of hydrogen-bond acceptors (Lipinski definition) is 7. The van der Waals surface area contributed by atoms with Crippen molar-refractivity contribution in [2.75, 3.05) is 6.79 Å². The first kappa shape index (κ1) is 21.0. The van der Waals surface area contributed by atoms with E-state index in [1.807, 2.05) is 13.8 Å². The molecule has 9 heteroatoms. The average Bonchev–Trinajstić information content (AvgIpc) is 3.37. The Labute approximate surface area is 172 Å². The van der Waals surface area contributed by atoms with Crippen LogP contribution in [0.1, 0.15) is 36.4 Å². The molecule has 1 atom stereocenters. The minimum Gasteiger partial charge on any atom is -0.548 e. The standard InChI is InChI=1S/C21H22N2O7/c1-12(2)8-15(21(26)27)23-19(24)14(22-20(25)17-4-3-7-28-17)9-13-5-6-16-18(10-13)30-11-29-16/h3-7,9-10,12,15H,8,11H2,1-2H3,(H,22,25)(H,23,24)(H,26,27)/p-1/b14-9-/t15-/m1/s1. The number of hydrogen-bond donors (Lipinski definition) is 2. The summed E-state index contributed by atoms with van der Waals surface area (Å²) in [4.78, 5) is 36.6. The van der Waals surface area contributed by atoms with Gasteiger partial charge in [0.05, 0.1) is 18.3 Å². The molecule has 3 rings (SSSR count). The fourth-order valence-corrected chi connectivity index (χ4v) is 2.84. The Bertz CT molecular complexity index is 964. The molecule has 0 fully saturated rings. The zero-order chi connectivity index (χ0) is 21.7. The fourth-order valence-electron chi connectivity index (χ4n) is 2.84. The van der Waals surface area contributed by atoms with Crippen LogP contribution in [-0.4, -0.2) is 30.6 Å². The first-order valence-electron chi connectivity index (χ1n) is 9.31. The first-order valence-corrected chi connectivity index (χ1v) is 9.31. The maximum atomic E-state index is 12.8. The number of aliphatic carboxylic acids is 1. The van der Waals surface area contributed by atoms with Crippen LogP contribution < -0.4 is 25.2 Å². The SMILES string of the molecule is CC(C)C[C@@H](NC(=O)/C(=C/c1ccc2c(c1)OCO2)NC(=O)c1ccco1)C(=O)[O-]. The maximum absolute atomic E-state index is 12.8. The first-order chi connectivity index (χ1) is 14.3. The number of nitrogens with one attached hydrogen (secondary N) is 2. The zero-order valence-corrected chi connectivity index (χ0v) is 16.5. The second kappa shape index (κ2) is 9.17. The molecule has 0 aliphatic carbocycles. The molecule has 158 valence electrons. The van der Waals surface area contributed by atoms with E-state index in [1.165, 1.54) is 24.5 Å². The number of fused-ring (bicyclic) bond motifs is 1. The van der Waals surface area contributed by atoms with Gasteiger partial charge in [-0.15, -0.1) is 0 Å². The van der Waals surface area contributed by atoms with E-state index in [4.69, 9.17) is 13.9 Å². The Hall–Kier alpha value is -3.75. The number of carboxylic acids is 1. The third kappa shape index (κ3) is 5.19. The van der Waals surface area contributed by atoms with Gasteiger partial charge < -0.3 is 34.4 Å². The predicted molar refractivity (Wildman–Crippen MR) is 103 cm³/mol. The molecule has 30 heavy (non-hydrogen) atoms. The van der Waals surface area contributed by atoms with Crippen molar-refractivity contribution in [3.05, 3.63) is 53.6 Å². The normalized spacial score (nSPS) is 13.8. The molecule has 0 unspecified atom stereocenters. The lowest BCUT2D eigenvalue weighted by Gasteiger charge is -2.22. The number of carbonyl (C=O) groups is 3. The van der Waals surface area contributed by atoms with Crippen LogP contribution in [0.25, 0.3) is 6.08 Å². The number of furan rings is 1. The minimum atomic E-state index is -1.41. The van der Waals surface area contributed by atoms with Crippen molar-refractivity contribution in [3.8, 4) is 11.5 Å². The molecule has 2 aromatic rings. The van der Waals surface area contributed by atoms with Crippen molar-refractivity contribution < 1.29 is 33.4 Å². The lowest BCUT2D eigenvalue weighted by atomic mass is 10.0. The van der Waals surface area contributed by atoms with Crippen LogP contribution in [0.2, 0.25) is 0 Å². The van der Waals surface area contributed by atoms with Gasteiger partial charge in [0, 0.05) is 0 Å². The lowest BCUT2D eigenvalue weighted by molar-refractivity contribution is -0.308. The maximum Gasteiger partial charge on any atom is 0.291 e. The second-order valence-corrected chi connectivity index (χ2v) is 7.08. The summed E-state index contributed by atoms with van der Waals surface area (Å²) < 4.78 is 15.6. The molecule has 2 heterocycles. The van der Waals surface area contributed by atoms with E-state index in [0.29, 0.717) is 17.1 Å². The van der Waals surface area contributed by atoms with E-state index in [9.17, 15) is 19.5 Å². The van der Waals surface area contributed by atoms with Crippen molar-refractivity contribution in [2.24, 2.45) is 5.92 Å². The number of ether oxygens (including phenoxy) is 2. The highest BCUT2D eigenvalue weighted by molar-refractivity contribution is 6.05. The van der Waals surface area contributed by atoms with Crippen LogP contribution >= 0.6 is 0 Å². The van der Waals surface area contributed by atoms with Crippen LogP contribution in [0.3, 0.4) is 0 Å². The van der Waals surface area contributed by atoms with Crippen LogP contribution in [0.5, 0.6) is 11.5 Å². The Morgan fingerprint density at radius 2 is 1.93 bits per heavy atom. The lowest BCUT2D eigenvalue weighted by Crippen LogP contribution is -2.50. The van der Waals surface area contributed by atoms with Crippen molar-refractivity contribution in [1.29, 1.82) is 0 Å². The topological polar surface area (TPSA) is 130 Å². The molecule has 2 N–H and O–H groups in total. The molecule has 0 bridgehead atoms. The van der Waals surface area contributed by atoms with E-state index in [-0.39, 0.29) is 30.6 Å². The predicted octanol–water partition coefficient (Wildman–Crippen LogP) is 1.06. The van der Waals surface area contributed by atoms with Gasteiger partial charge in [0.15, 0.2) is 17.3 Å². The highest BCUT2D eigenvalue weighted by Gasteiger charge is 2.21. The van der Waals surface area contributed by atoms with Gasteiger partial charge >= 0.3 is 0 Å². The molecule has 1 aliphatic rings. The molecule has 9 nitrogen and oxygen atoms in total. The highest BCUT2D eigenvalue weighted by Crippen LogP contribution is 2.33. The van der Waals surface area contributed by atoms with Gasteiger partial charge in [-0.2, -0.15) is 0 Å². The summed E-state index contributed by atoms with van der Waals surface area (Å²) in [5.74, 6) is -1.78. The monoisotopic (exact) mass is 413 g/mol. The fraction of sp³-hybridized carbons (Fsp3) is 0.286. The van der Waals surface area contributed by atoms with Crippen molar-refractivity contribution in [1.82, 2.24) is 10.6 Å².